The fraction of sp³-hybridized carbons (Fsp3) is 0.231. The lowest BCUT2D eigenvalue weighted by Gasteiger charge is -2.09. The van der Waals surface area contributed by atoms with E-state index in [4.69, 9.17) is 4.98 Å². The van der Waals surface area contributed by atoms with Crippen LogP contribution in [0.2, 0.25) is 0 Å². The number of aromatic nitrogens is 2. The van der Waals surface area contributed by atoms with Gasteiger partial charge >= 0.3 is 6.18 Å². The molecule has 0 spiro atoms. The summed E-state index contributed by atoms with van der Waals surface area (Å²) in [6.07, 6.45) is 0.779. The molecule has 2 aromatic carbocycles. The van der Waals surface area contributed by atoms with Crippen LogP contribution in [0.25, 0.3) is 16.8 Å². The van der Waals surface area contributed by atoms with Crippen LogP contribution in [-0.4, -0.2) is 15.3 Å². The SMILES string of the molecule is CCc1c(C2CC2)nc2ccc(NC(=O)c3ccc(-c4ccc(C(F)(F)F)cc4)cc3)cn12. The number of anilines is 1. The third-order valence-electron chi connectivity index (χ3n) is 6.00. The number of imidazole rings is 1. The van der Waals surface area contributed by atoms with Crippen molar-refractivity contribution in [1.29, 1.82) is 0 Å². The van der Waals surface area contributed by atoms with E-state index in [2.05, 4.69) is 16.6 Å². The zero-order chi connectivity index (χ0) is 23.2. The molecule has 0 unspecified atom stereocenters. The zero-order valence-corrected chi connectivity index (χ0v) is 18.0. The van der Waals surface area contributed by atoms with Gasteiger partial charge in [0, 0.05) is 23.4 Å². The predicted octanol–water partition coefficient (Wildman–Crippen LogP) is 6.71. The second kappa shape index (κ2) is 8.06. The Kier molecular flexibility index (Phi) is 5.19. The second-order valence-electron chi connectivity index (χ2n) is 8.32. The molecule has 4 aromatic rings. The van der Waals surface area contributed by atoms with Gasteiger partial charge in [0.15, 0.2) is 0 Å². The summed E-state index contributed by atoms with van der Waals surface area (Å²) in [5.41, 5.74) is 5.07. The number of pyridine rings is 1. The first-order chi connectivity index (χ1) is 15.8. The molecule has 168 valence electrons. The number of hydrogen-bond acceptors (Lipinski definition) is 2. The van der Waals surface area contributed by atoms with Gasteiger partial charge < -0.3 is 9.72 Å². The first-order valence-electron chi connectivity index (χ1n) is 10.9. The molecule has 0 bridgehead atoms. The number of halogens is 3. The molecule has 7 heteroatoms. The maximum atomic E-state index is 12.8. The number of aryl methyl sites for hydroxylation is 1. The van der Waals surface area contributed by atoms with Crippen molar-refractivity contribution >= 4 is 17.2 Å². The van der Waals surface area contributed by atoms with Gasteiger partial charge in [0.1, 0.15) is 5.65 Å². The van der Waals surface area contributed by atoms with E-state index in [1.54, 1.807) is 24.3 Å². The van der Waals surface area contributed by atoms with E-state index in [1.807, 2.05) is 18.3 Å². The largest absolute Gasteiger partial charge is 0.416 e. The number of rotatable bonds is 5. The maximum absolute atomic E-state index is 12.8. The molecule has 0 aliphatic heterocycles. The van der Waals surface area contributed by atoms with Crippen LogP contribution in [0.15, 0.2) is 66.9 Å². The van der Waals surface area contributed by atoms with Crippen LogP contribution >= 0.6 is 0 Å². The van der Waals surface area contributed by atoms with Gasteiger partial charge in [-0.15, -0.1) is 0 Å². The quantitative estimate of drug-likeness (QED) is 0.368. The summed E-state index contributed by atoms with van der Waals surface area (Å²) in [5.74, 6) is 0.301. The predicted molar refractivity (Wildman–Crippen MR) is 121 cm³/mol. The fourth-order valence-corrected chi connectivity index (χ4v) is 4.09. The van der Waals surface area contributed by atoms with E-state index in [0.29, 0.717) is 22.7 Å². The Bertz CT molecular complexity index is 1320. The number of alkyl halides is 3. The lowest BCUT2D eigenvalue weighted by Crippen LogP contribution is -2.12. The molecule has 2 heterocycles. The van der Waals surface area contributed by atoms with E-state index >= 15 is 0 Å². The molecular weight excluding hydrogens is 427 g/mol. The van der Waals surface area contributed by atoms with Crippen molar-refractivity contribution in [3.8, 4) is 11.1 Å². The average Bonchev–Trinajstić information content (AvgIpc) is 3.59. The highest BCUT2D eigenvalue weighted by molar-refractivity contribution is 6.04. The molecule has 1 N–H and O–H groups in total. The average molecular weight is 449 g/mol. The third kappa shape index (κ3) is 4.23. The summed E-state index contributed by atoms with van der Waals surface area (Å²) in [6.45, 7) is 2.11. The molecule has 4 nitrogen and oxygen atoms in total. The molecule has 1 aliphatic carbocycles. The highest BCUT2D eigenvalue weighted by atomic mass is 19.4. The normalized spacial score (nSPS) is 13.9. The number of carbonyl (C=O) groups is 1. The number of amides is 1. The minimum atomic E-state index is -4.36. The number of hydrogen-bond donors (Lipinski definition) is 1. The molecule has 1 fully saturated rings. The molecule has 0 saturated heterocycles. The summed E-state index contributed by atoms with van der Waals surface area (Å²) in [6, 6.07) is 15.5. The lowest BCUT2D eigenvalue weighted by atomic mass is 10.0. The van der Waals surface area contributed by atoms with Crippen molar-refractivity contribution in [2.24, 2.45) is 0 Å². The Balaban J connectivity index is 1.33. The van der Waals surface area contributed by atoms with E-state index in [1.165, 1.54) is 36.4 Å². The van der Waals surface area contributed by atoms with Gasteiger partial charge in [0.2, 0.25) is 0 Å². The standard InChI is InChI=1S/C26H22F3N3O/c1-2-22-24(18-5-6-18)31-23-14-13-21(15-32(22)23)30-25(33)19-7-3-16(4-8-19)17-9-11-20(12-10-17)26(27,28)29/h3-4,7-15,18H,2,5-6H2,1H3,(H,30,33). The molecule has 1 amide bonds. The molecular formula is C26H22F3N3O. The first-order valence-corrected chi connectivity index (χ1v) is 10.9. The van der Waals surface area contributed by atoms with Crippen LogP contribution in [0.3, 0.4) is 0 Å². The van der Waals surface area contributed by atoms with Gasteiger partial charge in [-0.25, -0.2) is 4.98 Å². The first kappa shape index (κ1) is 21.2. The number of nitrogens with one attached hydrogen (secondary N) is 1. The summed E-state index contributed by atoms with van der Waals surface area (Å²) >= 11 is 0. The van der Waals surface area contributed by atoms with Crippen LogP contribution in [0.5, 0.6) is 0 Å². The molecule has 5 rings (SSSR count). The fourth-order valence-electron chi connectivity index (χ4n) is 4.09. The van der Waals surface area contributed by atoms with Crippen molar-refractivity contribution in [2.45, 2.75) is 38.3 Å². The van der Waals surface area contributed by atoms with E-state index < -0.39 is 11.7 Å². The topological polar surface area (TPSA) is 46.4 Å². The number of benzene rings is 2. The van der Waals surface area contributed by atoms with Crippen molar-refractivity contribution < 1.29 is 18.0 Å². The van der Waals surface area contributed by atoms with Crippen LogP contribution in [0, 0.1) is 0 Å². The third-order valence-corrected chi connectivity index (χ3v) is 6.00. The van der Waals surface area contributed by atoms with Crippen LogP contribution in [0.1, 0.15) is 53.0 Å². The Morgan fingerprint density at radius 1 is 1.00 bits per heavy atom. The second-order valence-corrected chi connectivity index (χ2v) is 8.32. The molecule has 33 heavy (non-hydrogen) atoms. The maximum Gasteiger partial charge on any atom is 0.416 e. The highest BCUT2D eigenvalue weighted by Gasteiger charge is 2.30. The summed E-state index contributed by atoms with van der Waals surface area (Å²) in [4.78, 5) is 17.5. The zero-order valence-electron chi connectivity index (χ0n) is 18.0. The van der Waals surface area contributed by atoms with Gasteiger partial charge in [-0.3, -0.25) is 4.79 Å². The summed E-state index contributed by atoms with van der Waals surface area (Å²) < 4.78 is 40.3. The van der Waals surface area contributed by atoms with Gasteiger partial charge in [0.05, 0.1) is 16.9 Å². The smallest absolute Gasteiger partial charge is 0.321 e. The van der Waals surface area contributed by atoms with Gasteiger partial charge in [-0.1, -0.05) is 31.2 Å². The Labute approximate surface area is 189 Å². The van der Waals surface area contributed by atoms with Crippen molar-refractivity contribution in [2.75, 3.05) is 5.32 Å². The van der Waals surface area contributed by atoms with Gasteiger partial charge in [-0.2, -0.15) is 13.2 Å². The van der Waals surface area contributed by atoms with Crippen molar-refractivity contribution in [1.82, 2.24) is 9.38 Å². The molecule has 0 radical (unpaired) electrons. The lowest BCUT2D eigenvalue weighted by molar-refractivity contribution is -0.137. The van der Waals surface area contributed by atoms with E-state index in [-0.39, 0.29) is 5.91 Å². The molecule has 1 saturated carbocycles. The summed E-state index contributed by atoms with van der Waals surface area (Å²) in [7, 11) is 0. The van der Waals surface area contributed by atoms with Crippen LogP contribution < -0.4 is 5.32 Å². The Hall–Kier alpha value is -3.61. The number of carbonyl (C=O) groups excluding carboxylic acids is 1. The van der Waals surface area contributed by atoms with Crippen molar-refractivity contribution in [3.05, 3.63) is 89.4 Å². The number of nitrogens with zero attached hydrogens (tertiary/aromatic N) is 2. The minimum Gasteiger partial charge on any atom is -0.321 e. The number of fused-ring (bicyclic) bond motifs is 1. The van der Waals surface area contributed by atoms with Crippen LogP contribution in [-0.2, 0) is 12.6 Å². The van der Waals surface area contributed by atoms with Gasteiger partial charge in [-0.05, 0) is 66.8 Å². The Morgan fingerprint density at radius 2 is 1.64 bits per heavy atom. The Morgan fingerprint density at radius 3 is 2.21 bits per heavy atom. The molecule has 0 atom stereocenters. The van der Waals surface area contributed by atoms with Gasteiger partial charge in [0.25, 0.3) is 5.91 Å². The van der Waals surface area contributed by atoms with E-state index in [0.717, 1.165) is 29.8 Å². The van der Waals surface area contributed by atoms with Crippen molar-refractivity contribution in [3.63, 3.8) is 0 Å². The van der Waals surface area contributed by atoms with E-state index in [9.17, 15) is 18.0 Å². The summed E-state index contributed by atoms with van der Waals surface area (Å²) in [5, 5.41) is 2.93. The molecule has 2 aromatic heterocycles. The van der Waals surface area contributed by atoms with Crippen LogP contribution in [0.4, 0.5) is 18.9 Å². The molecule has 1 aliphatic rings. The monoisotopic (exact) mass is 449 g/mol. The minimum absolute atomic E-state index is 0.256. The highest BCUT2D eigenvalue weighted by Crippen LogP contribution is 2.41.